The Kier molecular flexibility index (Phi) is 6.56. The van der Waals surface area contributed by atoms with Crippen LogP contribution in [0.4, 0.5) is 0 Å². The third kappa shape index (κ3) is 5.23. The van der Waals surface area contributed by atoms with E-state index in [0.717, 1.165) is 16.3 Å². The molecular formula is C24H26O3Se. The van der Waals surface area contributed by atoms with Crippen molar-refractivity contribution in [1.82, 2.24) is 0 Å². The van der Waals surface area contributed by atoms with Crippen LogP contribution in [-0.4, -0.2) is 31.6 Å². The van der Waals surface area contributed by atoms with Gasteiger partial charge in [-0.1, -0.05) is 0 Å². The first kappa shape index (κ1) is 20.6. The Morgan fingerprint density at radius 3 is 2.32 bits per heavy atom. The van der Waals surface area contributed by atoms with Crippen LogP contribution < -0.4 is 4.46 Å². The first-order valence-corrected chi connectivity index (χ1v) is 11.5. The summed E-state index contributed by atoms with van der Waals surface area (Å²) in [5, 5.41) is 13.8. The molecule has 2 atom stereocenters. The van der Waals surface area contributed by atoms with Crippen LogP contribution in [0.3, 0.4) is 0 Å². The second-order valence-corrected chi connectivity index (χ2v) is 10.1. The van der Waals surface area contributed by atoms with E-state index in [4.69, 9.17) is 4.74 Å². The van der Waals surface area contributed by atoms with Crippen molar-refractivity contribution in [3.05, 3.63) is 78.4 Å². The monoisotopic (exact) mass is 442 g/mol. The summed E-state index contributed by atoms with van der Waals surface area (Å²) in [5.74, 6) is -0.948. The molecule has 3 aromatic rings. The zero-order valence-corrected chi connectivity index (χ0v) is 18.2. The fraction of sp³-hybridized carbons (Fsp3) is 0.292. The second-order valence-electron chi connectivity index (χ2n) is 7.78. The SMILES string of the molecule is CC(C)(C)OC(=O)[C@H](C[Se]c1ccccc1)[C@@H](O)c1cccc2ccccc12. The van der Waals surface area contributed by atoms with Gasteiger partial charge in [-0.05, 0) is 0 Å². The normalized spacial score (nSPS) is 13.9. The molecule has 0 saturated carbocycles. The standard InChI is InChI=1S/C24H26O3Se/c1-24(2,3)27-23(26)21(16-28-18-12-5-4-6-13-18)22(25)20-15-9-11-17-10-7-8-14-19(17)20/h4-15,21-22,25H,16H2,1-3H3/t21-,22+/m1/s1. The number of hydrogen-bond acceptors (Lipinski definition) is 3. The zero-order valence-electron chi connectivity index (χ0n) is 16.5. The van der Waals surface area contributed by atoms with Crippen LogP contribution >= 0.6 is 0 Å². The van der Waals surface area contributed by atoms with Crippen molar-refractivity contribution < 1.29 is 14.6 Å². The summed E-state index contributed by atoms with van der Waals surface area (Å²) in [6, 6.07) is 23.9. The Hall–Kier alpha value is -2.13. The molecule has 0 bridgehead atoms. The summed E-state index contributed by atoms with van der Waals surface area (Å²) in [4.78, 5) is 13.0. The number of esters is 1. The van der Waals surface area contributed by atoms with Gasteiger partial charge in [-0.3, -0.25) is 0 Å². The molecule has 0 aromatic heterocycles. The minimum atomic E-state index is -0.911. The topological polar surface area (TPSA) is 46.5 Å². The molecule has 0 aliphatic carbocycles. The van der Waals surface area contributed by atoms with Gasteiger partial charge in [0.05, 0.1) is 0 Å². The molecule has 0 heterocycles. The molecule has 4 heteroatoms. The van der Waals surface area contributed by atoms with Gasteiger partial charge in [0.2, 0.25) is 0 Å². The van der Waals surface area contributed by atoms with Crippen LogP contribution in [0.1, 0.15) is 32.4 Å². The van der Waals surface area contributed by atoms with E-state index in [1.165, 1.54) is 4.46 Å². The number of fused-ring (bicyclic) bond motifs is 1. The molecule has 0 aliphatic rings. The van der Waals surface area contributed by atoms with E-state index in [1.54, 1.807) is 0 Å². The molecule has 0 unspecified atom stereocenters. The molecule has 0 saturated heterocycles. The quantitative estimate of drug-likeness (QED) is 0.459. The first-order chi connectivity index (χ1) is 13.3. The summed E-state index contributed by atoms with van der Waals surface area (Å²) in [6.07, 6.45) is -0.911. The van der Waals surface area contributed by atoms with E-state index < -0.39 is 17.6 Å². The number of hydrogen-bond donors (Lipinski definition) is 1. The Balaban J connectivity index is 1.91. The van der Waals surface area contributed by atoms with Gasteiger partial charge in [-0.2, -0.15) is 0 Å². The summed E-state index contributed by atoms with van der Waals surface area (Å²) < 4.78 is 6.86. The maximum atomic E-state index is 13.0. The molecule has 0 radical (unpaired) electrons. The number of carbonyl (C=O) groups is 1. The molecule has 0 amide bonds. The average Bonchev–Trinajstić information content (AvgIpc) is 2.67. The minimum absolute atomic E-state index is 0.0639. The summed E-state index contributed by atoms with van der Waals surface area (Å²) in [5.41, 5.74) is 0.186. The van der Waals surface area contributed by atoms with E-state index in [-0.39, 0.29) is 20.9 Å². The molecular weight excluding hydrogens is 415 g/mol. The second kappa shape index (κ2) is 8.91. The van der Waals surface area contributed by atoms with Crippen molar-refractivity contribution in [1.29, 1.82) is 0 Å². The van der Waals surface area contributed by atoms with Crippen molar-refractivity contribution in [2.45, 2.75) is 37.8 Å². The van der Waals surface area contributed by atoms with Gasteiger partial charge in [0, 0.05) is 0 Å². The van der Waals surface area contributed by atoms with Crippen LogP contribution in [0.15, 0.2) is 72.8 Å². The molecule has 3 nitrogen and oxygen atoms in total. The van der Waals surface area contributed by atoms with Gasteiger partial charge in [0.1, 0.15) is 0 Å². The third-order valence-corrected chi connectivity index (χ3v) is 6.78. The van der Waals surface area contributed by atoms with E-state index in [9.17, 15) is 9.90 Å². The molecule has 0 fully saturated rings. The van der Waals surface area contributed by atoms with Crippen LogP contribution in [0, 0.1) is 5.92 Å². The third-order valence-electron chi connectivity index (χ3n) is 4.41. The van der Waals surface area contributed by atoms with E-state index >= 15 is 0 Å². The van der Waals surface area contributed by atoms with Crippen LogP contribution in [0.5, 0.6) is 0 Å². The fourth-order valence-corrected chi connectivity index (χ4v) is 5.28. The summed E-state index contributed by atoms with van der Waals surface area (Å²) >= 11 is 0.0639. The van der Waals surface area contributed by atoms with Crippen LogP contribution in [0.25, 0.3) is 10.8 Å². The average molecular weight is 441 g/mol. The van der Waals surface area contributed by atoms with E-state index in [2.05, 4.69) is 12.1 Å². The predicted octanol–water partition coefficient (Wildman–Crippen LogP) is 4.28. The molecule has 1 N–H and O–H groups in total. The molecule has 146 valence electrons. The predicted molar refractivity (Wildman–Crippen MR) is 115 cm³/mol. The first-order valence-electron chi connectivity index (χ1n) is 9.41. The number of benzene rings is 3. The van der Waals surface area contributed by atoms with Crippen LogP contribution in [-0.2, 0) is 9.53 Å². The van der Waals surface area contributed by atoms with Crippen molar-refractivity contribution >= 4 is 36.2 Å². The summed E-state index contributed by atoms with van der Waals surface area (Å²) in [6.45, 7) is 5.57. The number of aliphatic hydroxyl groups excluding tert-OH is 1. The van der Waals surface area contributed by atoms with Gasteiger partial charge >= 0.3 is 173 Å². The molecule has 28 heavy (non-hydrogen) atoms. The Morgan fingerprint density at radius 2 is 1.61 bits per heavy atom. The zero-order chi connectivity index (χ0) is 20.1. The number of ether oxygens (including phenoxy) is 1. The number of aliphatic hydroxyl groups is 1. The summed E-state index contributed by atoms with van der Waals surface area (Å²) in [7, 11) is 0. The Morgan fingerprint density at radius 1 is 0.964 bits per heavy atom. The maximum absolute atomic E-state index is 13.0. The Labute approximate surface area is 172 Å². The number of carbonyl (C=O) groups excluding carboxylic acids is 1. The van der Waals surface area contributed by atoms with Crippen molar-refractivity contribution in [3.63, 3.8) is 0 Å². The fourth-order valence-electron chi connectivity index (χ4n) is 3.09. The van der Waals surface area contributed by atoms with Crippen LogP contribution in [0.2, 0.25) is 5.32 Å². The van der Waals surface area contributed by atoms with E-state index in [1.807, 2.05) is 81.4 Å². The Bertz CT molecular complexity index is 926. The molecule has 0 spiro atoms. The molecule has 3 rings (SSSR count). The van der Waals surface area contributed by atoms with E-state index in [0.29, 0.717) is 5.32 Å². The number of rotatable bonds is 6. The van der Waals surface area contributed by atoms with Gasteiger partial charge < -0.3 is 0 Å². The van der Waals surface area contributed by atoms with Gasteiger partial charge in [-0.25, -0.2) is 0 Å². The van der Waals surface area contributed by atoms with Gasteiger partial charge in [0.15, 0.2) is 0 Å². The molecule has 0 aliphatic heterocycles. The van der Waals surface area contributed by atoms with Crippen molar-refractivity contribution in [3.8, 4) is 0 Å². The molecule has 3 aromatic carbocycles. The van der Waals surface area contributed by atoms with Crippen molar-refractivity contribution in [2.75, 3.05) is 0 Å². The van der Waals surface area contributed by atoms with Gasteiger partial charge in [0.25, 0.3) is 0 Å². The van der Waals surface area contributed by atoms with Crippen molar-refractivity contribution in [2.24, 2.45) is 5.92 Å². The van der Waals surface area contributed by atoms with Gasteiger partial charge in [-0.15, -0.1) is 0 Å².